The Kier molecular flexibility index (Phi) is 4.09. The summed E-state index contributed by atoms with van der Waals surface area (Å²) in [5, 5.41) is 8.55. The van der Waals surface area contributed by atoms with Crippen molar-refractivity contribution in [2.45, 2.75) is 13.8 Å². The summed E-state index contributed by atoms with van der Waals surface area (Å²) in [6.45, 7) is 3.32. The number of benzene rings is 1. The highest BCUT2D eigenvalue weighted by atomic mass is 16.6. The number of nitrogens with zero attached hydrogens (tertiary/aromatic N) is 1. The summed E-state index contributed by atoms with van der Waals surface area (Å²) in [6.07, 6.45) is -0.680. The fourth-order valence-corrected chi connectivity index (χ4v) is 1.26. The van der Waals surface area contributed by atoms with Gasteiger partial charge in [-0.2, -0.15) is 0 Å². The summed E-state index contributed by atoms with van der Waals surface area (Å²) in [4.78, 5) is 23.0. The number of carbonyl (C=O) groups is 2. The highest BCUT2D eigenvalue weighted by Crippen LogP contribution is 2.19. The number of hydrogen-bond donors (Lipinski definition) is 1. The molecule has 0 aliphatic heterocycles. The smallest absolute Gasteiger partial charge is 0.415 e. The van der Waals surface area contributed by atoms with Gasteiger partial charge in [0.15, 0.2) is 0 Å². The lowest BCUT2D eigenvalue weighted by atomic mass is 10.1. The number of rotatable bonds is 3. The maximum Gasteiger partial charge on any atom is 0.415 e. The summed E-state index contributed by atoms with van der Waals surface area (Å²) in [6, 6.07) is 5.49. The molecule has 5 nitrogen and oxygen atoms in total. The predicted molar refractivity (Wildman–Crippen MR) is 62.2 cm³/mol. The third-order valence-electron chi connectivity index (χ3n) is 2.23. The van der Waals surface area contributed by atoms with Crippen LogP contribution in [0.15, 0.2) is 18.2 Å². The van der Waals surface area contributed by atoms with E-state index in [9.17, 15) is 9.59 Å². The van der Waals surface area contributed by atoms with Crippen molar-refractivity contribution in [1.82, 2.24) is 4.90 Å². The quantitative estimate of drug-likeness (QED) is 0.870. The van der Waals surface area contributed by atoms with E-state index in [1.165, 1.54) is 7.05 Å². The van der Waals surface area contributed by atoms with Gasteiger partial charge < -0.3 is 9.84 Å². The standard InChI is InChI=1S/C12H15NO4/c1-8-4-5-9(2)10(6-8)17-12(16)13(3)7-11(14)15/h4-6H,7H2,1-3H3,(H,14,15). The van der Waals surface area contributed by atoms with Crippen LogP contribution in [0.3, 0.4) is 0 Å². The molecule has 0 atom stereocenters. The van der Waals surface area contributed by atoms with E-state index >= 15 is 0 Å². The van der Waals surface area contributed by atoms with Crippen LogP contribution in [0.25, 0.3) is 0 Å². The lowest BCUT2D eigenvalue weighted by Gasteiger charge is -2.15. The first-order valence-corrected chi connectivity index (χ1v) is 5.12. The van der Waals surface area contributed by atoms with Gasteiger partial charge in [-0.05, 0) is 31.0 Å². The van der Waals surface area contributed by atoms with Gasteiger partial charge in [0.1, 0.15) is 12.3 Å². The minimum absolute atomic E-state index is 0.385. The minimum atomic E-state index is -1.08. The van der Waals surface area contributed by atoms with E-state index in [1.807, 2.05) is 26.0 Å². The summed E-state index contributed by atoms with van der Waals surface area (Å²) < 4.78 is 5.11. The van der Waals surface area contributed by atoms with Crippen molar-refractivity contribution in [3.8, 4) is 5.75 Å². The molecule has 0 radical (unpaired) electrons. The third kappa shape index (κ3) is 3.79. The number of hydrogen-bond acceptors (Lipinski definition) is 3. The summed E-state index contributed by atoms with van der Waals surface area (Å²) >= 11 is 0. The van der Waals surface area contributed by atoms with E-state index < -0.39 is 12.1 Å². The first-order chi connectivity index (χ1) is 7.90. The number of ether oxygens (including phenoxy) is 1. The van der Waals surface area contributed by atoms with Crippen molar-refractivity contribution >= 4 is 12.1 Å². The van der Waals surface area contributed by atoms with Crippen LogP contribution in [-0.2, 0) is 4.79 Å². The van der Waals surface area contributed by atoms with Crippen LogP contribution in [0.5, 0.6) is 5.75 Å². The normalized spacial score (nSPS) is 9.82. The highest BCUT2D eigenvalue weighted by molar-refractivity contribution is 5.77. The molecular weight excluding hydrogens is 222 g/mol. The number of aliphatic carboxylic acids is 1. The molecule has 0 aromatic heterocycles. The summed E-state index contributed by atoms with van der Waals surface area (Å²) in [5.41, 5.74) is 1.80. The van der Waals surface area contributed by atoms with Crippen molar-refractivity contribution in [2.24, 2.45) is 0 Å². The van der Waals surface area contributed by atoms with Gasteiger partial charge in [0.25, 0.3) is 0 Å². The Labute approximate surface area is 99.6 Å². The molecule has 0 spiro atoms. The Hall–Kier alpha value is -2.04. The molecule has 0 heterocycles. The fraction of sp³-hybridized carbons (Fsp3) is 0.333. The van der Waals surface area contributed by atoms with Crippen LogP contribution in [-0.4, -0.2) is 35.7 Å². The van der Waals surface area contributed by atoms with Crippen LogP contribution in [0.2, 0.25) is 0 Å². The Morgan fingerprint density at radius 3 is 2.59 bits per heavy atom. The molecule has 1 aromatic carbocycles. The van der Waals surface area contributed by atoms with Gasteiger partial charge in [0, 0.05) is 7.05 Å². The van der Waals surface area contributed by atoms with Gasteiger partial charge >= 0.3 is 12.1 Å². The molecule has 0 unspecified atom stereocenters. The van der Waals surface area contributed by atoms with Crippen LogP contribution in [0.4, 0.5) is 4.79 Å². The summed E-state index contributed by atoms with van der Waals surface area (Å²) in [5.74, 6) is -0.627. The molecular formula is C12H15NO4. The van der Waals surface area contributed by atoms with E-state index in [0.29, 0.717) is 5.75 Å². The molecule has 0 saturated heterocycles. The Morgan fingerprint density at radius 2 is 2.00 bits per heavy atom. The topological polar surface area (TPSA) is 66.8 Å². The monoisotopic (exact) mass is 237 g/mol. The van der Waals surface area contributed by atoms with Gasteiger partial charge in [-0.3, -0.25) is 9.69 Å². The molecule has 1 rings (SSSR count). The second-order valence-corrected chi connectivity index (χ2v) is 3.89. The zero-order chi connectivity index (χ0) is 13.0. The van der Waals surface area contributed by atoms with Gasteiger partial charge in [0.05, 0.1) is 0 Å². The molecule has 0 bridgehead atoms. The SMILES string of the molecule is Cc1ccc(C)c(OC(=O)N(C)CC(=O)O)c1. The van der Waals surface area contributed by atoms with Gasteiger partial charge in [-0.25, -0.2) is 4.79 Å². The third-order valence-corrected chi connectivity index (χ3v) is 2.23. The molecule has 0 fully saturated rings. The van der Waals surface area contributed by atoms with Crippen molar-refractivity contribution in [3.63, 3.8) is 0 Å². The average Bonchev–Trinajstić information content (AvgIpc) is 2.22. The Bertz CT molecular complexity index is 442. The second kappa shape index (κ2) is 5.34. The van der Waals surface area contributed by atoms with Crippen LogP contribution >= 0.6 is 0 Å². The summed E-state index contributed by atoms with van der Waals surface area (Å²) in [7, 11) is 1.38. The van der Waals surface area contributed by atoms with Crippen LogP contribution in [0, 0.1) is 13.8 Å². The first kappa shape index (κ1) is 13.0. The number of carbonyl (C=O) groups excluding carboxylic acids is 1. The molecule has 17 heavy (non-hydrogen) atoms. The molecule has 1 N–H and O–H groups in total. The number of carboxylic acids is 1. The van der Waals surface area contributed by atoms with Crippen molar-refractivity contribution in [2.75, 3.05) is 13.6 Å². The van der Waals surface area contributed by atoms with Crippen molar-refractivity contribution in [1.29, 1.82) is 0 Å². The predicted octanol–water partition coefficient (Wildman–Crippen LogP) is 1.82. The van der Waals surface area contributed by atoms with Crippen LogP contribution in [0.1, 0.15) is 11.1 Å². The average molecular weight is 237 g/mol. The zero-order valence-corrected chi connectivity index (χ0v) is 10.1. The Balaban J connectivity index is 2.73. The molecule has 0 aliphatic rings. The van der Waals surface area contributed by atoms with Gasteiger partial charge in [-0.1, -0.05) is 12.1 Å². The van der Waals surface area contributed by atoms with E-state index in [-0.39, 0.29) is 6.54 Å². The first-order valence-electron chi connectivity index (χ1n) is 5.12. The maximum absolute atomic E-state index is 11.6. The van der Waals surface area contributed by atoms with E-state index in [4.69, 9.17) is 9.84 Å². The molecule has 0 saturated carbocycles. The van der Waals surface area contributed by atoms with Crippen LogP contribution < -0.4 is 4.74 Å². The van der Waals surface area contributed by atoms with E-state index in [0.717, 1.165) is 16.0 Å². The molecule has 5 heteroatoms. The number of likely N-dealkylation sites (N-methyl/N-ethyl adjacent to an activating group) is 1. The Morgan fingerprint density at radius 1 is 1.35 bits per heavy atom. The van der Waals surface area contributed by atoms with E-state index in [1.54, 1.807) is 6.07 Å². The zero-order valence-electron chi connectivity index (χ0n) is 10.1. The largest absolute Gasteiger partial charge is 0.480 e. The number of aryl methyl sites for hydroxylation is 2. The minimum Gasteiger partial charge on any atom is -0.480 e. The maximum atomic E-state index is 11.6. The molecule has 1 amide bonds. The molecule has 1 aromatic rings. The number of carboxylic acid groups (broad SMARTS) is 1. The molecule has 92 valence electrons. The second-order valence-electron chi connectivity index (χ2n) is 3.89. The lowest BCUT2D eigenvalue weighted by molar-refractivity contribution is -0.137. The molecule has 0 aliphatic carbocycles. The number of amides is 1. The van der Waals surface area contributed by atoms with E-state index in [2.05, 4.69) is 0 Å². The fourth-order valence-electron chi connectivity index (χ4n) is 1.26. The van der Waals surface area contributed by atoms with Crippen molar-refractivity contribution < 1.29 is 19.4 Å². The van der Waals surface area contributed by atoms with Gasteiger partial charge in [0.2, 0.25) is 0 Å². The van der Waals surface area contributed by atoms with Gasteiger partial charge in [-0.15, -0.1) is 0 Å². The highest BCUT2D eigenvalue weighted by Gasteiger charge is 2.15. The van der Waals surface area contributed by atoms with Crippen molar-refractivity contribution in [3.05, 3.63) is 29.3 Å². The lowest BCUT2D eigenvalue weighted by Crippen LogP contribution is -2.34.